The highest BCUT2D eigenvalue weighted by Gasteiger charge is 2.38. The summed E-state index contributed by atoms with van der Waals surface area (Å²) in [7, 11) is 0. The third kappa shape index (κ3) is 3.82. The summed E-state index contributed by atoms with van der Waals surface area (Å²) in [4.78, 5) is 37.0. The van der Waals surface area contributed by atoms with Crippen LogP contribution in [-0.4, -0.2) is 17.3 Å². The number of rotatable bonds is 6. The van der Waals surface area contributed by atoms with Crippen LogP contribution in [0.5, 0.6) is 0 Å². The lowest BCUT2D eigenvalue weighted by molar-refractivity contribution is -0.120. The first-order valence-corrected chi connectivity index (χ1v) is 7.99. The van der Waals surface area contributed by atoms with Crippen LogP contribution in [0.15, 0.2) is 22.3 Å². The molecular weight excluding hydrogens is 276 g/mol. The van der Waals surface area contributed by atoms with E-state index in [2.05, 4.69) is 13.8 Å². The SMILES string of the molecule is CC(=O)CC(C)(C)C1=C(C)C(=O)C(CCC(C)C)=C(C)C1=O. The lowest BCUT2D eigenvalue weighted by Gasteiger charge is -2.31. The van der Waals surface area contributed by atoms with E-state index in [1.165, 1.54) is 6.92 Å². The van der Waals surface area contributed by atoms with Gasteiger partial charge in [0, 0.05) is 34.1 Å². The fourth-order valence-electron chi connectivity index (χ4n) is 3.26. The highest BCUT2D eigenvalue weighted by molar-refractivity contribution is 6.25. The van der Waals surface area contributed by atoms with Crippen LogP contribution in [0, 0.1) is 11.3 Å². The second-order valence-electron chi connectivity index (χ2n) is 7.46. The highest BCUT2D eigenvalue weighted by atomic mass is 16.1. The molecule has 0 radical (unpaired) electrons. The molecular formula is C19H28O3. The van der Waals surface area contributed by atoms with Crippen LogP contribution in [0.3, 0.4) is 0 Å². The smallest absolute Gasteiger partial charge is 0.186 e. The molecule has 0 heterocycles. The van der Waals surface area contributed by atoms with E-state index in [0.717, 1.165) is 6.42 Å². The number of hydrogen-bond donors (Lipinski definition) is 0. The van der Waals surface area contributed by atoms with Gasteiger partial charge in [0.05, 0.1) is 0 Å². The molecule has 0 aromatic rings. The van der Waals surface area contributed by atoms with E-state index in [1.807, 2.05) is 13.8 Å². The van der Waals surface area contributed by atoms with Gasteiger partial charge in [-0.15, -0.1) is 0 Å². The molecule has 0 aromatic heterocycles. The summed E-state index contributed by atoms with van der Waals surface area (Å²) < 4.78 is 0. The van der Waals surface area contributed by atoms with E-state index < -0.39 is 5.41 Å². The molecule has 0 aromatic carbocycles. The molecule has 0 fully saturated rings. The highest BCUT2D eigenvalue weighted by Crippen LogP contribution is 2.39. The van der Waals surface area contributed by atoms with Gasteiger partial charge in [-0.05, 0) is 39.5 Å². The number of carbonyl (C=O) groups is 3. The van der Waals surface area contributed by atoms with Crippen LogP contribution in [0.2, 0.25) is 0 Å². The normalized spacial score (nSPS) is 16.9. The van der Waals surface area contributed by atoms with Crippen LogP contribution >= 0.6 is 0 Å². The van der Waals surface area contributed by atoms with Crippen LogP contribution in [0.4, 0.5) is 0 Å². The lowest BCUT2D eigenvalue weighted by atomic mass is 9.70. The third-order valence-electron chi connectivity index (χ3n) is 4.35. The maximum absolute atomic E-state index is 12.8. The summed E-state index contributed by atoms with van der Waals surface area (Å²) in [5.74, 6) is 0.423. The molecule has 0 amide bonds. The Balaban J connectivity index is 3.24. The summed E-state index contributed by atoms with van der Waals surface area (Å²) in [6.45, 7) is 12.9. The number of Topliss-reactive ketones (excluding diaryl/α,β-unsaturated/α-hetero) is 3. The van der Waals surface area contributed by atoms with Crippen molar-refractivity contribution in [2.75, 3.05) is 0 Å². The van der Waals surface area contributed by atoms with Crippen molar-refractivity contribution in [3.8, 4) is 0 Å². The number of ketones is 3. The van der Waals surface area contributed by atoms with Crippen molar-refractivity contribution >= 4 is 17.3 Å². The zero-order valence-electron chi connectivity index (χ0n) is 14.9. The predicted octanol–water partition coefficient (Wildman–Crippen LogP) is 4.21. The first-order chi connectivity index (χ1) is 9.99. The Bertz CT molecular complexity index is 571. The molecule has 1 rings (SSSR count). The molecule has 3 nitrogen and oxygen atoms in total. The van der Waals surface area contributed by atoms with Crippen LogP contribution in [0.25, 0.3) is 0 Å². The van der Waals surface area contributed by atoms with E-state index >= 15 is 0 Å². The van der Waals surface area contributed by atoms with Gasteiger partial charge in [-0.3, -0.25) is 14.4 Å². The topological polar surface area (TPSA) is 51.2 Å². The fraction of sp³-hybridized carbons (Fsp3) is 0.632. The van der Waals surface area contributed by atoms with Crippen LogP contribution in [0.1, 0.15) is 67.7 Å². The number of carbonyl (C=O) groups excluding carboxylic acids is 3. The van der Waals surface area contributed by atoms with Crippen molar-refractivity contribution in [1.82, 2.24) is 0 Å². The Labute approximate surface area is 133 Å². The Morgan fingerprint density at radius 1 is 1.05 bits per heavy atom. The molecule has 0 saturated carbocycles. The lowest BCUT2D eigenvalue weighted by Crippen LogP contribution is -2.32. The van der Waals surface area contributed by atoms with Crippen molar-refractivity contribution < 1.29 is 14.4 Å². The maximum Gasteiger partial charge on any atom is 0.186 e. The van der Waals surface area contributed by atoms with E-state index in [0.29, 0.717) is 34.6 Å². The summed E-state index contributed by atoms with van der Waals surface area (Å²) in [6, 6.07) is 0. The van der Waals surface area contributed by atoms with Crippen molar-refractivity contribution in [1.29, 1.82) is 0 Å². The summed E-state index contributed by atoms with van der Waals surface area (Å²) in [5, 5.41) is 0. The summed E-state index contributed by atoms with van der Waals surface area (Å²) in [5.41, 5.74) is 1.63. The molecule has 1 aliphatic rings. The molecule has 1 aliphatic carbocycles. The predicted molar refractivity (Wildman–Crippen MR) is 88.6 cm³/mol. The standard InChI is InChI=1S/C19H28O3/c1-11(2)8-9-15-13(4)18(22)16(14(5)17(15)21)19(6,7)10-12(3)20/h11H,8-10H2,1-7H3. The van der Waals surface area contributed by atoms with Crippen LogP contribution < -0.4 is 0 Å². The van der Waals surface area contributed by atoms with E-state index in [4.69, 9.17) is 0 Å². The Morgan fingerprint density at radius 3 is 2.05 bits per heavy atom. The van der Waals surface area contributed by atoms with Gasteiger partial charge in [0.25, 0.3) is 0 Å². The van der Waals surface area contributed by atoms with Gasteiger partial charge in [-0.25, -0.2) is 0 Å². The molecule has 0 unspecified atom stereocenters. The van der Waals surface area contributed by atoms with Gasteiger partial charge < -0.3 is 0 Å². The Hall–Kier alpha value is -1.51. The van der Waals surface area contributed by atoms with Gasteiger partial charge in [0.15, 0.2) is 11.6 Å². The second kappa shape index (κ2) is 6.72. The first-order valence-electron chi connectivity index (χ1n) is 7.99. The molecule has 0 spiro atoms. The van der Waals surface area contributed by atoms with Crippen molar-refractivity contribution in [3.05, 3.63) is 22.3 Å². The molecule has 3 heteroatoms. The van der Waals surface area contributed by atoms with Gasteiger partial charge in [-0.2, -0.15) is 0 Å². The summed E-state index contributed by atoms with van der Waals surface area (Å²) in [6.07, 6.45) is 1.81. The van der Waals surface area contributed by atoms with Gasteiger partial charge in [0.2, 0.25) is 0 Å². The Morgan fingerprint density at radius 2 is 1.59 bits per heavy atom. The minimum atomic E-state index is -0.604. The molecule has 0 aliphatic heterocycles. The maximum atomic E-state index is 12.8. The number of hydrogen-bond acceptors (Lipinski definition) is 3. The minimum Gasteiger partial charge on any atom is -0.300 e. The fourth-order valence-corrected chi connectivity index (χ4v) is 3.26. The summed E-state index contributed by atoms with van der Waals surface area (Å²) >= 11 is 0. The van der Waals surface area contributed by atoms with Gasteiger partial charge in [-0.1, -0.05) is 27.7 Å². The first kappa shape index (κ1) is 18.5. The molecule has 0 bridgehead atoms. The van der Waals surface area contributed by atoms with Gasteiger partial charge >= 0.3 is 0 Å². The molecule has 0 N–H and O–H groups in total. The largest absolute Gasteiger partial charge is 0.300 e. The number of allylic oxidation sites excluding steroid dienone is 4. The van der Waals surface area contributed by atoms with Crippen molar-refractivity contribution in [2.24, 2.45) is 11.3 Å². The molecule has 22 heavy (non-hydrogen) atoms. The molecule has 0 atom stereocenters. The molecule has 122 valence electrons. The quantitative estimate of drug-likeness (QED) is 0.691. The average molecular weight is 304 g/mol. The van der Waals surface area contributed by atoms with Crippen molar-refractivity contribution in [2.45, 2.75) is 67.7 Å². The van der Waals surface area contributed by atoms with E-state index in [9.17, 15) is 14.4 Å². The van der Waals surface area contributed by atoms with Crippen LogP contribution in [-0.2, 0) is 14.4 Å². The molecule has 0 saturated heterocycles. The van der Waals surface area contributed by atoms with Crippen molar-refractivity contribution in [3.63, 3.8) is 0 Å². The zero-order chi connectivity index (χ0) is 17.2. The monoisotopic (exact) mass is 304 g/mol. The van der Waals surface area contributed by atoms with Gasteiger partial charge in [0.1, 0.15) is 5.78 Å². The Kier molecular flexibility index (Phi) is 5.66. The average Bonchev–Trinajstić information content (AvgIpc) is 2.34. The van der Waals surface area contributed by atoms with E-state index in [1.54, 1.807) is 13.8 Å². The van der Waals surface area contributed by atoms with E-state index in [-0.39, 0.29) is 23.8 Å². The zero-order valence-corrected chi connectivity index (χ0v) is 14.9. The third-order valence-corrected chi connectivity index (χ3v) is 4.35. The minimum absolute atomic E-state index is 0.0237. The second-order valence-corrected chi connectivity index (χ2v) is 7.46.